The molecule has 11 heteroatoms. The molecule has 0 aliphatic carbocycles. The number of pyridine rings is 1. The Bertz CT molecular complexity index is 1400. The fourth-order valence-electron chi connectivity index (χ4n) is 3.39. The fourth-order valence-corrected chi connectivity index (χ4v) is 4.63. The van der Waals surface area contributed by atoms with E-state index in [0.29, 0.717) is 32.0 Å². The normalized spacial score (nSPS) is 12.2. The smallest absolute Gasteiger partial charge is 0.269 e. The lowest BCUT2D eigenvalue weighted by Crippen LogP contribution is -2.18. The van der Waals surface area contributed by atoms with Crippen molar-refractivity contribution in [3.63, 3.8) is 0 Å². The summed E-state index contributed by atoms with van der Waals surface area (Å²) in [5.41, 5.74) is 2.09. The Balaban J connectivity index is 1.43. The number of hydrogen-bond acceptors (Lipinski definition) is 9. The lowest BCUT2D eigenvalue weighted by Gasteiger charge is -2.19. The summed E-state index contributed by atoms with van der Waals surface area (Å²) in [7, 11) is 0. The van der Waals surface area contributed by atoms with E-state index in [4.69, 9.17) is 11.6 Å². The van der Waals surface area contributed by atoms with Gasteiger partial charge in [0.1, 0.15) is 16.9 Å². The van der Waals surface area contributed by atoms with Crippen LogP contribution in [-0.2, 0) is 5.41 Å². The van der Waals surface area contributed by atoms with Crippen LogP contribution in [0.2, 0.25) is 5.02 Å². The third-order valence-corrected chi connectivity index (χ3v) is 6.75. The Morgan fingerprint density at radius 3 is 2.64 bits per heavy atom. The molecular weight excluding hydrogens is 498 g/mol. The lowest BCUT2D eigenvalue weighted by atomic mass is 9.92. The van der Waals surface area contributed by atoms with E-state index in [9.17, 15) is 9.59 Å². The van der Waals surface area contributed by atoms with E-state index in [-0.39, 0.29) is 35.4 Å². The van der Waals surface area contributed by atoms with Gasteiger partial charge in [0.2, 0.25) is 5.95 Å². The number of rotatable bonds is 7. The molecule has 0 aliphatic rings. The van der Waals surface area contributed by atoms with Crippen LogP contribution in [0.25, 0.3) is 11.3 Å². The Hall–Kier alpha value is -3.63. The number of halogens is 1. The molecule has 1 atom stereocenters. The van der Waals surface area contributed by atoms with Crippen molar-refractivity contribution < 1.29 is 9.59 Å². The summed E-state index contributed by atoms with van der Waals surface area (Å²) in [6, 6.07) is 5.33. The summed E-state index contributed by atoms with van der Waals surface area (Å²) in [5, 5.41) is 3.81. The van der Waals surface area contributed by atoms with Crippen LogP contribution >= 0.6 is 22.9 Å². The van der Waals surface area contributed by atoms with Gasteiger partial charge in [0.05, 0.1) is 33.8 Å². The Morgan fingerprint density at radius 1 is 1.11 bits per heavy atom. The second kappa shape index (κ2) is 10.5. The number of carbonyl (C=O) groups excluding carboxylic acids is 2. The van der Waals surface area contributed by atoms with Crippen molar-refractivity contribution in [1.82, 2.24) is 29.9 Å². The second-order valence-corrected chi connectivity index (χ2v) is 10.7. The molecule has 184 valence electrons. The molecule has 9 nitrogen and oxygen atoms in total. The molecule has 36 heavy (non-hydrogen) atoms. The number of ketones is 1. The molecule has 0 radical (unpaired) electrons. The maximum absolute atomic E-state index is 12.9. The van der Waals surface area contributed by atoms with Gasteiger partial charge in [-0.05, 0) is 18.2 Å². The monoisotopic (exact) mass is 521 g/mol. The van der Waals surface area contributed by atoms with Gasteiger partial charge >= 0.3 is 0 Å². The van der Waals surface area contributed by atoms with E-state index in [0.717, 1.165) is 5.56 Å². The second-order valence-electron chi connectivity index (χ2n) is 9.22. The molecule has 1 N–H and O–H groups in total. The van der Waals surface area contributed by atoms with E-state index in [2.05, 4.69) is 35.2 Å². The molecule has 0 saturated carbocycles. The van der Waals surface area contributed by atoms with Crippen molar-refractivity contribution in [2.45, 2.75) is 45.4 Å². The van der Waals surface area contributed by atoms with Gasteiger partial charge in [0, 0.05) is 35.7 Å². The zero-order valence-electron chi connectivity index (χ0n) is 20.2. The summed E-state index contributed by atoms with van der Waals surface area (Å²) < 4.78 is 0. The van der Waals surface area contributed by atoms with Crippen LogP contribution in [-0.4, -0.2) is 41.6 Å². The van der Waals surface area contributed by atoms with E-state index < -0.39 is 0 Å². The van der Waals surface area contributed by atoms with Crippen molar-refractivity contribution in [3.8, 4) is 11.3 Å². The number of thiazole rings is 1. The largest absolute Gasteiger partial charge is 0.292 e. The lowest BCUT2D eigenvalue weighted by molar-refractivity contribution is 0.0969. The quantitative estimate of drug-likeness (QED) is 0.322. The summed E-state index contributed by atoms with van der Waals surface area (Å²) >= 11 is 7.43. The molecule has 1 amide bonds. The SMILES string of the molecule is CC(CC(=O)c1cc(-c2cccnc2)ncn1)c1ncc(C(=O)Nc2ncc(Cl)c(C(C)(C)C)n2)s1. The van der Waals surface area contributed by atoms with Crippen LogP contribution in [0.3, 0.4) is 0 Å². The first-order valence-electron chi connectivity index (χ1n) is 11.2. The minimum absolute atomic E-state index is 0.138. The molecule has 0 aliphatic heterocycles. The van der Waals surface area contributed by atoms with Gasteiger partial charge in [-0.25, -0.2) is 24.9 Å². The van der Waals surface area contributed by atoms with Crippen LogP contribution < -0.4 is 5.32 Å². The molecule has 0 fully saturated rings. The van der Waals surface area contributed by atoms with Gasteiger partial charge in [-0.2, -0.15) is 0 Å². The first kappa shape index (κ1) is 25.5. The molecule has 0 spiro atoms. The molecule has 4 heterocycles. The van der Waals surface area contributed by atoms with Crippen molar-refractivity contribution >= 4 is 40.6 Å². The molecule has 0 saturated heterocycles. The minimum atomic E-state index is -0.378. The number of hydrogen-bond donors (Lipinski definition) is 1. The summed E-state index contributed by atoms with van der Waals surface area (Å²) in [5.74, 6) is -0.558. The van der Waals surface area contributed by atoms with Crippen LogP contribution in [0.1, 0.15) is 70.9 Å². The number of amides is 1. The average Bonchev–Trinajstić information content (AvgIpc) is 3.36. The number of nitrogens with one attached hydrogen (secondary N) is 1. The van der Waals surface area contributed by atoms with E-state index in [1.165, 1.54) is 30.1 Å². The predicted octanol–water partition coefficient (Wildman–Crippen LogP) is 5.36. The highest BCUT2D eigenvalue weighted by Gasteiger charge is 2.23. The molecule has 0 aromatic carbocycles. The maximum atomic E-state index is 12.9. The molecule has 1 unspecified atom stereocenters. The first-order valence-corrected chi connectivity index (χ1v) is 12.4. The van der Waals surface area contributed by atoms with Gasteiger partial charge in [0.15, 0.2) is 5.78 Å². The van der Waals surface area contributed by atoms with Gasteiger partial charge in [0.25, 0.3) is 5.91 Å². The molecule has 0 bridgehead atoms. The van der Waals surface area contributed by atoms with Crippen molar-refractivity contribution in [3.05, 3.63) is 75.6 Å². The Kier molecular flexibility index (Phi) is 7.46. The van der Waals surface area contributed by atoms with Crippen LogP contribution in [0.15, 0.2) is 49.3 Å². The van der Waals surface area contributed by atoms with E-state index >= 15 is 0 Å². The van der Waals surface area contributed by atoms with Crippen molar-refractivity contribution in [2.24, 2.45) is 0 Å². The number of aromatic nitrogens is 6. The zero-order chi connectivity index (χ0) is 25.9. The number of nitrogens with zero attached hydrogens (tertiary/aromatic N) is 6. The minimum Gasteiger partial charge on any atom is -0.292 e. The molecule has 4 aromatic rings. The zero-order valence-corrected chi connectivity index (χ0v) is 21.8. The standard InChI is InChI=1S/C25H24ClN7O2S/c1-14(8-19(34)18-9-17(30-13-31-18)15-6-5-7-27-10-15)23-28-12-20(36-23)22(35)33-24-29-11-16(26)21(32-24)25(2,3)4/h5-7,9-14H,8H2,1-4H3,(H,29,32,33,35). The van der Waals surface area contributed by atoms with Crippen molar-refractivity contribution in [2.75, 3.05) is 5.32 Å². The Morgan fingerprint density at radius 2 is 1.92 bits per heavy atom. The fraction of sp³-hybridized carbons (Fsp3) is 0.280. The summed E-state index contributed by atoms with van der Waals surface area (Å²) in [4.78, 5) is 51.4. The predicted molar refractivity (Wildman–Crippen MR) is 138 cm³/mol. The average molecular weight is 522 g/mol. The number of carbonyl (C=O) groups is 2. The third kappa shape index (κ3) is 5.95. The first-order chi connectivity index (χ1) is 17.1. The highest BCUT2D eigenvalue weighted by Crippen LogP contribution is 2.29. The van der Waals surface area contributed by atoms with Gasteiger partial charge in [-0.1, -0.05) is 39.3 Å². The van der Waals surface area contributed by atoms with E-state index in [1.807, 2.05) is 33.8 Å². The molecule has 4 aromatic heterocycles. The van der Waals surface area contributed by atoms with Crippen LogP contribution in [0, 0.1) is 0 Å². The molecular formula is C25H24ClN7O2S. The van der Waals surface area contributed by atoms with E-state index in [1.54, 1.807) is 24.5 Å². The Labute approximate surface area is 217 Å². The summed E-state index contributed by atoms with van der Waals surface area (Å²) in [6.07, 6.45) is 7.88. The summed E-state index contributed by atoms with van der Waals surface area (Å²) in [6.45, 7) is 7.82. The van der Waals surface area contributed by atoms with Crippen LogP contribution in [0.5, 0.6) is 0 Å². The third-order valence-electron chi connectivity index (χ3n) is 5.25. The van der Waals surface area contributed by atoms with Gasteiger partial charge in [-0.15, -0.1) is 11.3 Å². The van der Waals surface area contributed by atoms with Crippen molar-refractivity contribution in [1.29, 1.82) is 0 Å². The number of anilines is 1. The number of Topliss-reactive ketones (excluding diaryl/α,β-unsaturated/α-hetero) is 1. The highest BCUT2D eigenvalue weighted by atomic mass is 35.5. The van der Waals surface area contributed by atoms with Gasteiger partial charge < -0.3 is 0 Å². The van der Waals surface area contributed by atoms with Gasteiger partial charge in [-0.3, -0.25) is 19.9 Å². The topological polar surface area (TPSA) is 124 Å². The maximum Gasteiger partial charge on any atom is 0.269 e. The van der Waals surface area contributed by atoms with Crippen LogP contribution in [0.4, 0.5) is 5.95 Å². The highest BCUT2D eigenvalue weighted by molar-refractivity contribution is 7.13. The molecule has 4 rings (SSSR count).